The molecule has 0 bridgehead atoms. The van der Waals surface area contributed by atoms with E-state index < -0.39 is 0 Å². The first-order valence-corrected chi connectivity index (χ1v) is 7.75. The molecule has 2 heterocycles. The minimum absolute atomic E-state index is 0.226. The molecular formula is C18H17FN4O2. The van der Waals surface area contributed by atoms with Crippen LogP contribution in [0.15, 0.2) is 53.1 Å². The topological polar surface area (TPSA) is 80.0 Å². The fourth-order valence-corrected chi connectivity index (χ4v) is 2.25. The number of hydrogen-bond acceptors (Lipinski definition) is 5. The molecule has 3 aromatic rings. The van der Waals surface area contributed by atoms with E-state index in [-0.39, 0.29) is 36.5 Å². The van der Waals surface area contributed by atoms with E-state index >= 15 is 0 Å². The van der Waals surface area contributed by atoms with Gasteiger partial charge in [0.25, 0.3) is 5.91 Å². The Morgan fingerprint density at radius 2 is 2.00 bits per heavy atom. The molecule has 7 heteroatoms. The molecule has 0 aliphatic rings. The monoisotopic (exact) mass is 340 g/mol. The molecule has 0 aliphatic heterocycles. The lowest BCUT2D eigenvalue weighted by molar-refractivity contribution is 0.0943. The second-order valence-electron chi connectivity index (χ2n) is 5.43. The second kappa shape index (κ2) is 7.57. The Kier molecular flexibility index (Phi) is 5.03. The van der Waals surface area contributed by atoms with Gasteiger partial charge in [-0.2, -0.15) is 0 Å². The molecule has 6 nitrogen and oxygen atoms in total. The first kappa shape index (κ1) is 16.6. The first-order chi connectivity index (χ1) is 12.1. The minimum atomic E-state index is -0.337. The van der Waals surface area contributed by atoms with Crippen molar-refractivity contribution in [1.82, 2.24) is 15.3 Å². The highest BCUT2D eigenvalue weighted by Crippen LogP contribution is 2.10. The number of aromatic nitrogens is 2. The van der Waals surface area contributed by atoms with Crippen molar-refractivity contribution in [2.45, 2.75) is 20.0 Å². The van der Waals surface area contributed by atoms with Crippen molar-refractivity contribution in [3.8, 4) is 0 Å². The van der Waals surface area contributed by atoms with Crippen LogP contribution in [0.1, 0.15) is 27.5 Å². The second-order valence-corrected chi connectivity index (χ2v) is 5.43. The summed E-state index contributed by atoms with van der Waals surface area (Å²) in [6.45, 7) is 2.26. The summed E-state index contributed by atoms with van der Waals surface area (Å²) < 4.78 is 18.8. The fraction of sp³-hybridized carbons (Fsp3) is 0.167. The predicted octanol–water partition coefficient (Wildman–Crippen LogP) is 3.06. The summed E-state index contributed by atoms with van der Waals surface area (Å²) in [5.74, 6) is 0.276. The molecule has 0 radical (unpaired) electrons. The van der Waals surface area contributed by atoms with Gasteiger partial charge in [-0.1, -0.05) is 18.2 Å². The van der Waals surface area contributed by atoms with E-state index in [1.807, 2.05) is 0 Å². The number of rotatable bonds is 6. The van der Waals surface area contributed by atoms with E-state index in [0.29, 0.717) is 17.0 Å². The van der Waals surface area contributed by atoms with E-state index in [1.54, 1.807) is 49.6 Å². The van der Waals surface area contributed by atoms with Crippen LogP contribution in [0.4, 0.5) is 10.3 Å². The van der Waals surface area contributed by atoms with Gasteiger partial charge in [0.2, 0.25) is 5.95 Å². The molecule has 25 heavy (non-hydrogen) atoms. The Bertz CT molecular complexity index is 865. The summed E-state index contributed by atoms with van der Waals surface area (Å²) in [6, 6.07) is 11.6. The summed E-state index contributed by atoms with van der Waals surface area (Å²) in [5, 5.41) is 5.67. The maximum atomic E-state index is 13.7. The van der Waals surface area contributed by atoms with Crippen molar-refractivity contribution >= 4 is 11.9 Å². The maximum absolute atomic E-state index is 13.7. The van der Waals surface area contributed by atoms with E-state index in [9.17, 15) is 9.18 Å². The van der Waals surface area contributed by atoms with Crippen LogP contribution in [0.5, 0.6) is 0 Å². The number of carbonyl (C=O) groups is 1. The van der Waals surface area contributed by atoms with Crippen LogP contribution >= 0.6 is 0 Å². The zero-order chi connectivity index (χ0) is 17.6. The van der Waals surface area contributed by atoms with E-state index in [2.05, 4.69) is 20.6 Å². The van der Waals surface area contributed by atoms with Gasteiger partial charge in [0.05, 0.1) is 12.8 Å². The number of anilines is 1. The number of amides is 1. The van der Waals surface area contributed by atoms with Crippen LogP contribution in [0, 0.1) is 12.7 Å². The average molecular weight is 340 g/mol. The largest absolute Gasteiger partial charge is 0.467 e. The van der Waals surface area contributed by atoms with Crippen LogP contribution in [0.3, 0.4) is 0 Å². The van der Waals surface area contributed by atoms with Crippen LogP contribution in [-0.2, 0) is 13.1 Å². The summed E-state index contributed by atoms with van der Waals surface area (Å²) in [4.78, 5) is 20.7. The highest BCUT2D eigenvalue weighted by atomic mass is 19.1. The van der Waals surface area contributed by atoms with Gasteiger partial charge in [-0.3, -0.25) is 4.79 Å². The molecule has 3 rings (SSSR count). The Hall–Kier alpha value is -3.22. The third kappa shape index (κ3) is 4.41. The minimum Gasteiger partial charge on any atom is -0.467 e. The van der Waals surface area contributed by atoms with Gasteiger partial charge in [0.1, 0.15) is 17.3 Å². The van der Waals surface area contributed by atoms with Gasteiger partial charge in [-0.05, 0) is 31.2 Å². The van der Waals surface area contributed by atoms with E-state index in [0.717, 1.165) is 0 Å². The molecular weight excluding hydrogens is 323 g/mol. The predicted molar refractivity (Wildman–Crippen MR) is 90.4 cm³/mol. The van der Waals surface area contributed by atoms with Crippen molar-refractivity contribution in [3.63, 3.8) is 0 Å². The summed E-state index contributed by atoms with van der Waals surface area (Å²) >= 11 is 0. The molecule has 0 aliphatic carbocycles. The van der Waals surface area contributed by atoms with Crippen LogP contribution < -0.4 is 10.6 Å². The quantitative estimate of drug-likeness (QED) is 0.721. The Morgan fingerprint density at radius 1 is 1.16 bits per heavy atom. The first-order valence-electron chi connectivity index (χ1n) is 7.75. The Morgan fingerprint density at radius 3 is 2.76 bits per heavy atom. The van der Waals surface area contributed by atoms with Crippen molar-refractivity contribution in [2.75, 3.05) is 5.32 Å². The van der Waals surface area contributed by atoms with Gasteiger partial charge in [0.15, 0.2) is 0 Å². The van der Waals surface area contributed by atoms with Gasteiger partial charge in [-0.15, -0.1) is 0 Å². The Labute approximate surface area is 144 Å². The molecule has 0 saturated carbocycles. The lowest BCUT2D eigenvalue weighted by atomic mass is 10.2. The van der Waals surface area contributed by atoms with Gasteiger partial charge < -0.3 is 15.1 Å². The van der Waals surface area contributed by atoms with E-state index in [1.165, 1.54) is 6.07 Å². The molecule has 0 spiro atoms. The number of hydrogen-bond donors (Lipinski definition) is 2. The van der Waals surface area contributed by atoms with Gasteiger partial charge in [0, 0.05) is 17.8 Å². The lowest BCUT2D eigenvalue weighted by Crippen LogP contribution is -2.24. The molecule has 0 atom stereocenters. The SMILES string of the molecule is Cc1cc(C(=O)NCc2ccco2)nc(NCc2ccccc2F)n1. The van der Waals surface area contributed by atoms with Crippen LogP contribution in [0.2, 0.25) is 0 Å². The van der Waals surface area contributed by atoms with Gasteiger partial charge >= 0.3 is 0 Å². The summed E-state index contributed by atoms with van der Waals surface area (Å²) in [6.07, 6.45) is 1.54. The number of halogens is 1. The van der Waals surface area contributed by atoms with Crippen LogP contribution in [0.25, 0.3) is 0 Å². The molecule has 2 N–H and O–H groups in total. The van der Waals surface area contributed by atoms with E-state index in [4.69, 9.17) is 4.42 Å². The lowest BCUT2D eigenvalue weighted by Gasteiger charge is -2.09. The third-order valence-electron chi connectivity index (χ3n) is 3.48. The molecule has 1 amide bonds. The molecule has 128 valence electrons. The number of nitrogens with zero attached hydrogens (tertiary/aromatic N) is 2. The molecule has 0 saturated heterocycles. The molecule has 0 unspecified atom stereocenters. The number of carbonyl (C=O) groups excluding carboxylic acids is 1. The highest BCUT2D eigenvalue weighted by Gasteiger charge is 2.11. The third-order valence-corrected chi connectivity index (χ3v) is 3.48. The highest BCUT2D eigenvalue weighted by molar-refractivity contribution is 5.92. The number of nitrogens with one attached hydrogen (secondary N) is 2. The summed E-state index contributed by atoms with van der Waals surface area (Å²) in [5.41, 5.74) is 1.36. The van der Waals surface area contributed by atoms with Crippen molar-refractivity contribution in [1.29, 1.82) is 0 Å². The molecule has 1 aromatic carbocycles. The average Bonchev–Trinajstić information content (AvgIpc) is 3.12. The Balaban J connectivity index is 1.67. The molecule has 0 fully saturated rings. The maximum Gasteiger partial charge on any atom is 0.270 e. The summed E-state index contributed by atoms with van der Waals surface area (Å²) in [7, 11) is 0. The van der Waals surface area contributed by atoms with Crippen molar-refractivity contribution in [2.24, 2.45) is 0 Å². The zero-order valence-electron chi connectivity index (χ0n) is 13.6. The van der Waals surface area contributed by atoms with Crippen molar-refractivity contribution in [3.05, 3.63) is 77.3 Å². The standard InChI is InChI=1S/C18H17FN4O2/c1-12-9-16(17(24)20-11-14-6-4-8-25-14)23-18(22-12)21-10-13-5-2-3-7-15(13)19/h2-9H,10-11H2,1H3,(H,20,24)(H,21,22,23). The molecule has 2 aromatic heterocycles. The number of benzene rings is 1. The zero-order valence-corrected chi connectivity index (χ0v) is 13.6. The van der Waals surface area contributed by atoms with Gasteiger partial charge in [-0.25, -0.2) is 14.4 Å². The number of aryl methyl sites for hydroxylation is 1. The fourth-order valence-electron chi connectivity index (χ4n) is 2.25. The number of furan rings is 1. The normalized spacial score (nSPS) is 10.5. The van der Waals surface area contributed by atoms with Crippen LogP contribution in [-0.4, -0.2) is 15.9 Å². The van der Waals surface area contributed by atoms with Crippen molar-refractivity contribution < 1.29 is 13.6 Å². The smallest absolute Gasteiger partial charge is 0.270 e.